The molecule has 3 aromatic rings. The van der Waals surface area contributed by atoms with E-state index in [4.69, 9.17) is 4.98 Å². The molecule has 0 aliphatic heterocycles. The quantitative estimate of drug-likeness (QED) is 0.549. The Morgan fingerprint density at radius 1 is 1.30 bits per heavy atom. The van der Waals surface area contributed by atoms with Crippen LogP contribution in [-0.2, 0) is 12.8 Å². The van der Waals surface area contributed by atoms with Gasteiger partial charge in [0.2, 0.25) is 0 Å². The van der Waals surface area contributed by atoms with Crippen molar-refractivity contribution in [1.29, 1.82) is 5.26 Å². The van der Waals surface area contributed by atoms with Crippen LogP contribution in [0.5, 0.6) is 0 Å². The van der Waals surface area contributed by atoms with E-state index in [1.165, 1.54) is 17.0 Å². The van der Waals surface area contributed by atoms with Crippen LogP contribution in [-0.4, -0.2) is 9.55 Å². The number of allylic oxidation sites excluding steroid dienone is 1. The number of benzene rings is 1. The first kappa shape index (κ1) is 17.8. The molecule has 27 heavy (non-hydrogen) atoms. The molecule has 1 aliphatic rings. The van der Waals surface area contributed by atoms with Gasteiger partial charge in [-0.3, -0.25) is 0 Å². The van der Waals surface area contributed by atoms with Crippen molar-refractivity contribution in [2.24, 2.45) is 5.92 Å². The van der Waals surface area contributed by atoms with Gasteiger partial charge in [-0.2, -0.15) is 5.26 Å². The van der Waals surface area contributed by atoms with Crippen LogP contribution in [0.25, 0.3) is 17.3 Å². The molecular formula is C23H23N3S. The molecular weight excluding hydrogens is 350 g/mol. The normalized spacial score (nSPS) is 16.8. The molecule has 0 fully saturated rings. The molecule has 0 bridgehead atoms. The third-order valence-corrected chi connectivity index (χ3v) is 6.47. The van der Waals surface area contributed by atoms with Crippen molar-refractivity contribution in [2.45, 2.75) is 40.0 Å². The molecule has 0 saturated heterocycles. The fourth-order valence-corrected chi connectivity index (χ4v) is 5.10. The van der Waals surface area contributed by atoms with Crippen molar-refractivity contribution in [3.8, 4) is 11.8 Å². The number of aromatic nitrogens is 2. The van der Waals surface area contributed by atoms with Crippen molar-refractivity contribution in [3.63, 3.8) is 0 Å². The Morgan fingerprint density at radius 3 is 2.81 bits per heavy atom. The van der Waals surface area contributed by atoms with Gasteiger partial charge in [-0.25, -0.2) is 4.98 Å². The van der Waals surface area contributed by atoms with Gasteiger partial charge in [-0.05, 0) is 68.9 Å². The summed E-state index contributed by atoms with van der Waals surface area (Å²) in [7, 11) is 0. The smallest absolute Gasteiger partial charge is 0.134 e. The van der Waals surface area contributed by atoms with Crippen LogP contribution < -0.4 is 0 Å². The predicted octanol–water partition coefficient (Wildman–Crippen LogP) is 5.74. The van der Waals surface area contributed by atoms with E-state index in [2.05, 4.69) is 49.6 Å². The SMILES string of the molecule is Cc1cc(/C=C(\C#N)c2nc3c(s2)CC(C)CC3)c(C)n1-c1ccccc1. The first-order valence-corrected chi connectivity index (χ1v) is 10.2. The van der Waals surface area contributed by atoms with Crippen LogP contribution >= 0.6 is 11.3 Å². The lowest BCUT2D eigenvalue weighted by Gasteiger charge is -2.15. The Bertz CT molecular complexity index is 1050. The minimum atomic E-state index is 0.662. The summed E-state index contributed by atoms with van der Waals surface area (Å²) in [5.41, 5.74) is 6.38. The third kappa shape index (κ3) is 3.36. The van der Waals surface area contributed by atoms with Gasteiger partial charge in [0.15, 0.2) is 0 Å². The number of para-hydroxylation sites is 1. The predicted molar refractivity (Wildman–Crippen MR) is 112 cm³/mol. The molecule has 0 saturated carbocycles. The van der Waals surface area contributed by atoms with Gasteiger partial charge in [-0.15, -0.1) is 11.3 Å². The van der Waals surface area contributed by atoms with Crippen molar-refractivity contribution in [2.75, 3.05) is 0 Å². The zero-order chi connectivity index (χ0) is 19.0. The summed E-state index contributed by atoms with van der Waals surface area (Å²) < 4.78 is 2.23. The maximum Gasteiger partial charge on any atom is 0.134 e. The highest BCUT2D eigenvalue weighted by atomic mass is 32.1. The first-order chi connectivity index (χ1) is 13.1. The molecule has 0 N–H and O–H groups in total. The zero-order valence-corrected chi connectivity index (χ0v) is 16.8. The Balaban J connectivity index is 1.74. The number of fused-ring (bicyclic) bond motifs is 1. The summed E-state index contributed by atoms with van der Waals surface area (Å²) in [6, 6.07) is 14.9. The lowest BCUT2D eigenvalue weighted by Crippen LogP contribution is -2.09. The molecule has 1 aliphatic carbocycles. The topological polar surface area (TPSA) is 41.6 Å². The second-order valence-corrected chi connectivity index (χ2v) is 8.49. The third-order valence-electron chi connectivity index (χ3n) is 5.32. The zero-order valence-electron chi connectivity index (χ0n) is 16.0. The summed E-state index contributed by atoms with van der Waals surface area (Å²) in [5, 5.41) is 10.6. The fourth-order valence-electron chi connectivity index (χ4n) is 3.86. The molecule has 4 heteroatoms. The number of hydrogen-bond acceptors (Lipinski definition) is 3. The summed E-state index contributed by atoms with van der Waals surface area (Å²) in [5.74, 6) is 0.713. The molecule has 0 spiro atoms. The monoisotopic (exact) mass is 373 g/mol. The lowest BCUT2D eigenvalue weighted by molar-refractivity contribution is 0.502. The van der Waals surface area contributed by atoms with Crippen LogP contribution in [0.3, 0.4) is 0 Å². The number of hydrogen-bond donors (Lipinski definition) is 0. The molecule has 1 unspecified atom stereocenters. The second kappa shape index (κ2) is 7.17. The van der Waals surface area contributed by atoms with Crippen LogP contribution in [0.2, 0.25) is 0 Å². The Labute approximate surface area is 164 Å². The number of nitrogens with zero attached hydrogens (tertiary/aromatic N) is 3. The standard InChI is InChI=1S/C23H23N3S/c1-15-9-10-21-22(11-15)27-23(25-21)19(14-24)13-18-12-16(2)26(17(18)3)20-7-5-4-6-8-20/h4-8,12-13,15H,9-11H2,1-3H3/b19-13+. The van der Waals surface area contributed by atoms with Gasteiger partial charge >= 0.3 is 0 Å². The maximum absolute atomic E-state index is 9.78. The molecule has 1 aromatic carbocycles. The van der Waals surface area contributed by atoms with Gasteiger partial charge in [0.25, 0.3) is 0 Å². The highest BCUT2D eigenvalue weighted by Gasteiger charge is 2.21. The number of nitriles is 1. The van der Waals surface area contributed by atoms with Crippen molar-refractivity contribution in [1.82, 2.24) is 9.55 Å². The van der Waals surface area contributed by atoms with Crippen molar-refractivity contribution >= 4 is 23.0 Å². The van der Waals surface area contributed by atoms with Gasteiger partial charge in [0.1, 0.15) is 11.1 Å². The summed E-state index contributed by atoms with van der Waals surface area (Å²) >= 11 is 1.70. The Morgan fingerprint density at radius 2 is 2.07 bits per heavy atom. The Hall–Kier alpha value is -2.64. The molecule has 0 radical (unpaired) electrons. The lowest BCUT2D eigenvalue weighted by atomic mass is 9.93. The minimum absolute atomic E-state index is 0.662. The molecule has 0 amide bonds. The Kier molecular flexibility index (Phi) is 4.72. The fraction of sp³-hybridized carbons (Fsp3) is 0.304. The average molecular weight is 374 g/mol. The molecule has 4 rings (SSSR count). The van der Waals surface area contributed by atoms with E-state index in [1.807, 2.05) is 24.3 Å². The maximum atomic E-state index is 9.78. The molecule has 136 valence electrons. The number of thiazole rings is 1. The summed E-state index contributed by atoms with van der Waals surface area (Å²) in [4.78, 5) is 6.15. The highest BCUT2D eigenvalue weighted by molar-refractivity contribution is 7.13. The molecule has 3 nitrogen and oxygen atoms in total. The van der Waals surface area contributed by atoms with Crippen LogP contribution in [0.1, 0.15) is 45.9 Å². The van der Waals surface area contributed by atoms with Crippen LogP contribution in [0, 0.1) is 31.1 Å². The number of rotatable bonds is 3. The highest BCUT2D eigenvalue weighted by Crippen LogP contribution is 2.33. The van der Waals surface area contributed by atoms with Gasteiger partial charge in [0, 0.05) is 22.0 Å². The van der Waals surface area contributed by atoms with E-state index in [9.17, 15) is 5.26 Å². The minimum Gasteiger partial charge on any atom is -0.318 e. The van der Waals surface area contributed by atoms with E-state index < -0.39 is 0 Å². The van der Waals surface area contributed by atoms with E-state index in [0.29, 0.717) is 11.5 Å². The first-order valence-electron chi connectivity index (χ1n) is 9.42. The van der Waals surface area contributed by atoms with E-state index in [-0.39, 0.29) is 0 Å². The van der Waals surface area contributed by atoms with E-state index in [0.717, 1.165) is 40.5 Å². The van der Waals surface area contributed by atoms with Crippen LogP contribution in [0.4, 0.5) is 0 Å². The molecule has 2 heterocycles. The van der Waals surface area contributed by atoms with Gasteiger partial charge < -0.3 is 4.57 Å². The largest absolute Gasteiger partial charge is 0.318 e. The van der Waals surface area contributed by atoms with Crippen LogP contribution in [0.15, 0.2) is 36.4 Å². The van der Waals surface area contributed by atoms with Crippen molar-refractivity contribution < 1.29 is 0 Å². The van der Waals surface area contributed by atoms with Crippen molar-refractivity contribution in [3.05, 3.63) is 68.9 Å². The second-order valence-electron chi connectivity index (χ2n) is 7.40. The summed E-state index contributed by atoms with van der Waals surface area (Å²) in [6.07, 6.45) is 5.32. The molecule has 2 aromatic heterocycles. The van der Waals surface area contributed by atoms with E-state index >= 15 is 0 Å². The molecule has 1 atom stereocenters. The number of aryl methyl sites for hydroxylation is 2. The van der Waals surface area contributed by atoms with Gasteiger partial charge in [-0.1, -0.05) is 25.1 Å². The average Bonchev–Trinajstić information content (AvgIpc) is 3.20. The van der Waals surface area contributed by atoms with Gasteiger partial charge in [0.05, 0.1) is 11.3 Å². The summed E-state index contributed by atoms with van der Waals surface area (Å²) in [6.45, 7) is 6.50. The van der Waals surface area contributed by atoms with E-state index in [1.54, 1.807) is 11.3 Å².